The molecule has 0 atom stereocenters. The van der Waals surface area contributed by atoms with E-state index in [1.54, 1.807) is 7.11 Å². The summed E-state index contributed by atoms with van der Waals surface area (Å²) in [5.74, 6) is 1.98. The van der Waals surface area contributed by atoms with E-state index >= 15 is 0 Å². The van der Waals surface area contributed by atoms with Gasteiger partial charge in [0.1, 0.15) is 11.6 Å². The van der Waals surface area contributed by atoms with Gasteiger partial charge >= 0.3 is 0 Å². The number of fused-ring (bicyclic) bond motifs is 1. The second-order valence-corrected chi connectivity index (χ2v) is 8.03. The van der Waals surface area contributed by atoms with Crippen LogP contribution in [0.3, 0.4) is 0 Å². The molecule has 0 radical (unpaired) electrons. The van der Waals surface area contributed by atoms with E-state index in [-0.39, 0.29) is 12.0 Å². The molecule has 0 aliphatic carbocycles. The summed E-state index contributed by atoms with van der Waals surface area (Å²) in [4.78, 5) is 7.27. The van der Waals surface area contributed by atoms with Gasteiger partial charge in [0.05, 0.1) is 24.7 Å². The second-order valence-electron chi connectivity index (χ2n) is 8.03. The van der Waals surface area contributed by atoms with Crippen molar-refractivity contribution in [2.45, 2.75) is 25.8 Å². The number of likely N-dealkylation sites (tertiary alicyclic amines) is 1. The molecular weight excluding hydrogens is 350 g/mol. The number of aryl methyl sites for hydroxylation is 1. The molecule has 1 saturated heterocycles. The van der Waals surface area contributed by atoms with Crippen LogP contribution in [-0.4, -0.2) is 46.4 Å². The lowest BCUT2D eigenvalue weighted by atomic mass is 9.74. The first kappa shape index (κ1) is 19.0. The van der Waals surface area contributed by atoms with Gasteiger partial charge in [-0.15, -0.1) is 0 Å². The van der Waals surface area contributed by atoms with Crippen LogP contribution in [0.1, 0.15) is 24.2 Å². The molecule has 28 heavy (non-hydrogen) atoms. The molecule has 3 aromatic rings. The van der Waals surface area contributed by atoms with Crippen LogP contribution in [0.4, 0.5) is 0 Å². The number of nitrogens with zero attached hydrogens (tertiary/aromatic N) is 3. The van der Waals surface area contributed by atoms with Crippen molar-refractivity contribution in [2.24, 2.45) is 12.5 Å². The first-order chi connectivity index (χ1) is 13.6. The molecule has 2 heterocycles. The number of aliphatic hydroxyl groups excluding tert-OH is 1. The first-order valence-corrected chi connectivity index (χ1v) is 9.99. The molecule has 2 aromatic carbocycles. The number of piperidine rings is 1. The van der Waals surface area contributed by atoms with E-state index < -0.39 is 0 Å². The summed E-state index contributed by atoms with van der Waals surface area (Å²) in [5, 5.41) is 10.2. The molecule has 1 aliphatic rings. The van der Waals surface area contributed by atoms with Crippen LogP contribution in [0.25, 0.3) is 11.0 Å². The number of rotatable bonds is 6. The lowest BCUT2D eigenvalue weighted by Crippen LogP contribution is -2.43. The molecule has 1 aromatic heterocycles. The first-order valence-electron chi connectivity index (χ1n) is 9.99. The normalized spacial score (nSPS) is 17.1. The predicted molar refractivity (Wildman–Crippen MR) is 111 cm³/mol. The average molecular weight is 380 g/mol. The molecule has 0 amide bonds. The molecule has 0 saturated carbocycles. The zero-order valence-electron chi connectivity index (χ0n) is 16.8. The third-order valence-corrected chi connectivity index (χ3v) is 6.24. The van der Waals surface area contributed by atoms with Crippen molar-refractivity contribution >= 4 is 11.0 Å². The molecule has 148 valence electrons. The van der Waals surface area contributed by atoms with Crippen LogP contribution in [-0.2, 0) is 20.0 Å². The molecule has 5 nitrogen and oxygen atoms in total. The topological polar surface area (TPSA) is 50.5 Å². The highest BCUT2D eigenvalue weighted by Crippen LogP contribution is 2.35. The number of aromatic nitrogens is 2. The number of hydrogen-bond acceptors (Lipinski definition) is 4. The number of aliphatic hydroxyl groups is 1. The number of ether oxygens (including phenoxy) is 1. The molecular formula is C23H29N3O2. The zero-order chi connectivity index (χ0) is 19.6. The maximum absolute atomic E-state index is 10.2. The fourth-order valence-corrected chi connectivity index (χ4v) is 4.29. The summed E-state index contributed by atoms with van der Waals surface area (Å²) in [6.07, 6.45) is 2.91. The lowest BCUT2D eigenvalue weighted by molar-refractivity contribution is 0.0402. The Bertz CT molecular complexity index is 925. The Morgan fingerprint density at radius 3 is 2.43 bits per heavy atom. The quantitative estimate of drug-likeness (QED) is 0.713. The van der Waals surface area contributed by atoms with E-state index in [0.29, 0.717) is 0 Å². The largest absolute Gasteiger partial charge is 0.497 e. The zero-order valence-corrected chi connectivity index (χ0v) is 16.8. The van der Waals surface area contributed by atoms with Crippen LogP contribution in [0.5, 0.6) is 5.75 Å². The van der Waals surface area contributed by atoms with Crippen molar-refractivity contribution in [3.8, 4) is 5.75 Å². The maximum Gasteiger partial charge on any atom is 0.123 e. The molecule has 1 fully saturated rings. The van der Waals surface area contributed by atoms with Crippen LogP contribution >= 0.6 is 0 Å². The summed E-state index contributed by atoms with van der Waals surface area (Å²) in [7, 11) is 3.78. The number of methoxy groups -OCH3 is 1. The van der Waals surface area contributed by atoms with Crippen LogP contribution in [0.15, 0.2) is 48.5 Å². The van der Waals surface area contributed by atoms with E-state index in [1.807, 2.05) is 18.2 Å². The standard InChI is InChI=1S/C23H29N3O2/c1-25-21-6-4-3-5-20(21)24-22(25)16-26-13-11-23(17-27,12-14-26)15-18-7-9-19(28-2)10-8-18/h3-10,27H,11-17H2,1-2H3. The van der Waals surface area contributed by atoms with Crippen LogP contribution < -0.4 is 4.74 Å². The highest BCUT2D eigenvalue weighted by molar-refractivity contribution is 5.75. The lowest BCUT2D eigenvalue weighted by Gasteiger charge is -2.40. The Labute approximate surface area is 166 Å². The van der Waals surface area contributed by atoms with Gasteiger partial charge in [-0.3, -0.25) is 4.90 Å². The van der Waals surface area contributed by atoms with E-state index in [0.717, 1.165) is 56.0 Å². The number of para-hydroxylation sites is 2. The summed E-state index contributed by atoms with van der Waals surface area (Å²) in [5.41, 5.74) is 3.47. The Balaban J connectivity index is 1.41. The summed E-state index contributed by atoms with van der Waals surface area (Å²) >= 11 is 0. The third-order valence-electron chi connectivity index (χ3n) is 6.24. The number of benzene rings is 2. The number of hydrogen-bond donors (Lipinski definition) is 1. The maximum atomic E-state index is 10.2. The van der Waals surface area contributed by atoms with Gasteiger partial charge in [0, 0.05) is 13.7 Å². The summed E-state index contributed by atoms with van der Waals surface area (Å²) < 4.78 is 7.44. The average Bonchev–Trinajstić information content (AvgIpc) is 3.06. The van der Waals surface area contributed by atoms with E-state index in [2.05, 4.69) is 46.8 Å². The Kier molecular flexibility index (Phi) is 5.38. The van der Waals surface area contributed by atoms with Crippen molar-refractivity contribution in [1.82, 2.24) is 14.5 Å². The van der Waals surface area contributed by atoms with E-state index in [9.17, 15) is 5.11 Å². The molecule has 4 rings (SSSR count). The van der Waals surface area contributed by atoms with Gasteiger partial charge in [-0.05, 0) is 67.6 Å². The Hall–Kier alpha value is -2.37. The van der Waals surface area contributed by atoms with Gasteiger partial charge in [-0.2, -0.15) is 0 Å². The SMILES string of the molecule is COc1ccc(CC2(CO)CCN(Cc3nc4ccccc4n3C)CC2)cc1. The molecule has 1 aliphatic heterocycles. The van der Waals surface area contributed by atoms with Gasteiger partial charge < -0.3 is 14.4 Å². The van der Waals surface area contributed by atoms with Crippen LogP contribution in [0, 0.1) is 5.41 Å². The van der Waals surface area contributed by atoms with Crippen molar-refractivity contribution in [3.05, 3.63) is 59.9 Å². The van der Waals surface area contributed by atoms with Crippen LogP contribution in [0.2, 0.25) is 0 Å². The molecule has 0 spiro atoms. The molecule has 0 unspecified atom stereocenters. The smallest absolute Gasteiger partial charge is 0.123 e. The Morgan fingerprint density at radius 2 is 1.79 bits per heavy atom. The van der Waals surface area contributed by atoms with E-state index in [1.165, 1.54) is 11.1 Å². The fourth-order valence-electron chi connectivity index (χ4n) is 4.29. The van der Waals surface area contributed by atoms with E-state index in [4.69, 9.17) is 9.72 Å². The molecule has 5 heteroatoms. The fraction of sp³-hybridized carbons (Fsp3) is 0.435. The van der Waals surface area contributed by atoms with Crippen molar-refractivity contribution in [2.75, 3.05) is 26.8 Å². The van der Waals surface area contributed by atoms with Gasteiger partial charge in [0.2, 0.25) is 0 Å². The van der Waals surface area contributed by atoms with Gasteiger partial charge in [0.15, 0.2) is 0 Å². The minimum atomic E-state index is -0.0303. The van der Waals surface area contributed by atoms with Gasteiger partial charge in [-0.1, -0.05) is 24.3 Å². The van der Waals surface area contributed by atoms with Crippen molar-refractivity contribution < 1.29 is 9.84 Å². The second kappa shape index (κ2) is 7.94. The predicted octanol–water partition coefficient (Wildman–Crippen LogP) is 3.40. The van der Waals surface area contributed by atoms with Crippen molar-refractivity contribution in [3.63, 3.8) is 0 Å². The Morgan fingerprint density at radius 1 is 1.07 bits per heavy atom. The highest BCUT2D eigenvalue weighted by Gasteiger charge is 2.34. The minimum Gasteiger partial charge on any atom is -0.497 e. The monoisotopic (exact) mass is 379 g/mol. The number of imidazole rings is 1. The van der Waals surface area contributed by atoms with Gasteiger partial charge in [-0.25, -0.2) is 4.98 Å². The summed E-state index contributed by atoms with van der Waals surface area (Å²) in [6.45, 7) is 3.06. The van der Waals surface area contributed by atoms with Gasteiger partial charge in [0.25, 0.3) is 0 Å². The van der Waals surface area contributed by atoms with Crippen molar-refractivity contribution in [1.29, 1.82) is 0 Å². The highest BCUT2D eigenvalue weighted by atomic mass is 16.5. The summed E-state index contributed by atoms with van der Waals surface area (Å²) in [6, 6.07) is 16.5. The molecule has 1 N–H and O–H groups in total. The third kappa shape index (κ3) is 3.77. The molecule has 0 bridgehead atoms. The minimum absolute atomic E-state index is 0.0303.